The Labute approximate surface area is 74.8 Å². The SMILES string of the molecule is CN=C(C)NC(Cl)=NC(=N)Cl. The van der Waals surface area contributed by atoms with E-state index in [9.17, 15) is 0 Å². The van der Waals surface area contributed by atoms with Gasteiger partial charge in [0, 0.05) is 7.05 Å². The molecular weight excluding hydrogens is 187 g/mol. The van der Waals surface area contributed by atoms with E-state index >= 15 is 0 Å². The van der Waals surface area contributed by atoms with E-state index in [1.165, 1.54) is 0 Å². The maximum Gasteiger partial charge on any atom is 0.217 e. The number of nitrogens with one attached hydrogen (secondary N) is 2. The summed E-state index contributed by atoms with van der Waals surface area (Å²) in [7, 11) is 1.61. The highest BCUT2D eigenvalue weighted by molar-refractivity contribution is 6.71. The van der Waals surface area contributed by atoms with Crippen LogP contribution in [0.1, 0.15) is 6.92 Å². The van der Waals surface area contributed by atoms with Gasteiger partial charge in [-0.2, -0.15) is 4.99 Å². The Balaban J connectivity index is 4.07. The molecule has 4 nitrogen and oxygen atoms in total. The standard InChI is InChI=1S/C5H8Cl2N4/c1-3(9-2)10-5(7)11-4(6)8/h1-2H3,(H2,8,9,10,11). The first-order chi connectivity index (χ1) is 5.06. The van der Waals surface area contributed by atoms with Gasteiger partial charge in [0.2, 0.25) is 10.6 Å². The van der Waals surface area contributed by atoms with Crippen LogP contribution in [0.2, 0.25) is 0 Å². The molecule has 0 heterocycles. The van der Waals surface area contributed by atoms with Crippen LogP contribution in [-0.4, -0.2) is 23.5 Å². The molecule has 0 atom stereocenters. The second-order valence-electron chi connectivity index (χ2n) is 1.63. The number of hydrogen-bond donors (Lipinski definition) is 2. The Morgan fingerprint density at radius 3 is 2.36 bits per heavy atom. The molecular formula is C5H8Cl2N4. The molecule has 0 rings (SSSR count). The van der Waals surface area contributed by atoms with Gasteiger partial charge < -0.3 is 5.32 Å². The van der Waals surface area contributed by atoms with Crippen LogP contribution < -0.4 is 5.32 Å². The Hall–Kier alpha value is -0.610. The van der Waals surface area contributed by atoms with Crippen molar-refractivity contribution in [1.82, 2.24) is 5.32 Å². The number of hydrogen-bond acceptors (Lipinski definition) is 2. The minimum absolute atomic E-state index is 0.0353. The maximum atomic E-state index is 6.74. The van der Waals surface area contributed by atoms with Gasteiger partial charge in [0.25, 0.3) is 0 Å². The Morgan fingerprint density at radius 2 is 2.00 bits per heavy atom. The molecule has 0 bridgehead atoms. The summed E-state index contributed by atoms with van der Waals surface area (Å²) in [5.74, 6) is 0.608. The fourth-order valence-electron chi connectivity index (χ4n) is 0.319. The van der Waals surface area contributed by atoms with Crippen molar-refractivity contribution < 1.29 is 0 Å². The zero-order chi connectivity index (χ0) is 8.85. The minimum Gasteiger partial charge on any atom is -0.319 e. The van der Waals surface area contributed by atoms with E-state index in [0.717, 1.165) is 0 Å². The van der Waals surface area contributed by atoms with Crippen molar-refractivity contribution >= 4 is 39.6 Å². The second kappa shape index (κ2) is 5.09. The number of amidine groups is 3. The topological polar surface area (TPSA) is 60.6 Å². The Kier molecular flexibility index (Phi) is 4.81. The quantitative estimate of drug-likeness (QED) is 0.342. The maximum absolute atomic E-state index is 6.74. The molecule has 0 aliphatic carbocycles. The highest BCUT2D eigenvalue weighted by Gasteiger charge is 1.94. The van der Waals surface area contributed by atoms with Crippen LogP contribution >= 0.6 is 23.2 Å². The summed E-state index contributed by atoms with van der Waals surface area (Å²) >= 11 is 10.6. The van der Waals surface area contributed by atoms with E-state index in [2.05, 4.69) is 15.3 Å². The average molecular weight is 195 g/mol. The fraction of sp³-hybridized carbons (Fsp3) is 0.400. The molecule has 0 aromatic carbocycles. The predicted octanol–water partition coefficient (Wildman–Crippen LogP) is 1.39. The zero-order valence-electron chi connectivity index (χ0n) is 6.15. The summed E-state index contributed by atoms with van der Waals surface area (Å²) in [5, 5.41) is 9.01. The number of rotatable bonds is 0. The van der Waals surface area contributed by atoms with Crippen LogP contribution in [0, 0.1) is 5.41 Å². The number of aliphatic imine (C=N–C) groups is 2. The van der Waals surface area contributed by atoms with Gasteiger partial charge in [-0.1, -0.05) is 0 Å². The molecule has 0 radical (unpaired) electrons. The van der Waals surface area contributed by atoms with Gasteiger partial charge in [-0.05, 0) is 30.1 Å². The van der Waals surface area contributed by atoms with Gasteiger partial charge in [-0.15, -0.1) is 0 Å². The molecule has 11 heavy (non-hydrogen) atoms. The molecule has 62 valence electrons. The first-order valence-corrected chi connectivity index (χ1v) is 3.50. The lowest BCUT2D eigenvalue weighted by atomic mass is 10.7. The van der Waals surface area contributed by atoms with E-state index in [1.807, 2.05) is 0 Å². The normalized spacial score (nSPS) is 13.1. The van der Waals surface area contributed by atoms with Gasteiger partial charge in [0.15, 0.2) is 0 Å². The van der Waals surface area contributed by atoms with Crippen LogP contribution in [-0.2, 0) is 0 Å². The van der Waals surface area contributed by atoms with Crippen molar-refractivity contribution in [1.29, 1.82) is 5.41 Å². The average Bonchev–Trinajstić information content (AvgIpc) is 1.85. The summed E-state index contributed by atoms with van der Waals surface area (Å²) in [6.45, 7) is 1.72. The van der Waals surface area contributed by atoms with E-state index < -0.39 is 0 Å². The lowest BCUT2D eigenvalue weighted by Gasteiger charge is -1.99. The monoisotopic (exact) mass is 194 g/mol. The zero-order valence-corrected chi connectivity index (χ0v) is 7.66. The van der Waals surface area contributed by atoms with Crippen LogP contribution in [0.4, 0.5) is 0 Å². The molecule has 2 N–H and O–H groups in total. The highest BCUT2D eigenvalue weighted by atomic mass is 35.5. The molecule has 0 aromatic heterocycles. The molecule has 0 aromatic rings. The van der Waals surface area contributed by atoms with Crippen LogP contribution in [0.3, 0.4) is 0 Å². The molecule has 0 unspecified atom stereocenters. The smallest absolute Gasteiger partial charge is 0.217 e. The molecule has 0 saturated carbocycles. The summed E-state index contributed by atoms with van der Waals surface area (Å²) in [4.78, 5) is 7.17. The van der Waals surface area contributed by atoms with Crippen molar-refractivity contribution in [3.8, 4) is 0 Å². The Bertz CT molecular complexity index is 209. The van der Waals surface area contributed by atoms with Gasteiger partial charge in [-0.25, -0.2) is 0 Å². The minimum atomic E-state index is -0.369. The van der Waals surface area contributed by atoms with E-state index in [-0.39, 0.29) is 10.6 Å². The molecule has 0 spiro atoms. The van der Waals surface area contributed by atoms with Crippen LogP contribution in [0.5, 0.6) is 0 Å². The third-order valence-corrected chi connectivity index (χ3v) is 1.08. The third-order valence-electron chi connectivity index (χ3n) is 0.816. The van der Waals surface area contributed by atoms with Crippen LogP contribution in [0.15, 0.2) is 9.98 Å². The number of nitrogens with zero attached hydrogens (tertiary/aromatic N) is 2. The first-order valence-electron chi connectivity index (χ1n) is 2.75. The van der Waals surface area contributed by atoms with Crippen molar-refractivity contribution in [2.75, 3.05) is 7.05 Å². The van der Waals surface area contributed by atoms with E-state index in [1.54, 1.807) is 14.0 Å². The van der Waals surface area contributed by atoms with Crippen molar-refractivity contribution in [3.63, 3.8) is 0 Å². The molecule has 0 saturated heterocycles. The van der Waals surface area contributed by atoms with E-state index in [4.69, 9.17) is 28.6 Å². The van der Waals surface area contributed by atoms with Crippen molar-refractivity contribution in [3.05, 3.63) is 0 Å². The highest BCUT2D eigenvalue weighted by Crippen LogP contribution is 1.87. The van der Waals surface area contributed by atoms with E-state index in [0.29, 0.717) is 5.84 Å². The van der Waals surface area contributed by atoms with Crippen molar-refractivity contribution in [2.45, 2.75) is 6.92 Å². The largest absolute Gasteiger partial charge is 0.319 e. The van der Waals surface area contributed by atoms with Crippen molar-refractivity contribution in [2.24, 2.45) is 9.98 Å². The van der Waals surface area contributed by atoms with Gasteiger partial charge in [-0.3, -0.25) is 10.4 Å². The lowest BCUT2D eigenvalue weighted by molar-refractivity contribution is 1.28. The summed E-state index contributed by atoms with van der Waals surface area (Å²) in [6.07, 6.45) is 0. The lowest BCUT2D eigenvalue weighted by Crippen LogP contribution is -2.24. The summed E-state index contributed by atoms with van der Waals surface area (Å²) in [6, 6.07) is 0. The molecule has 0 fully saturated rings. The summed E-state index contributed by atoms with van der Waals surface area (Å²) < 4.78 is 0. The summed E-state index contributed by atoms with van der Waals surface area (Å²) in [5.41, 5.74) is 0. The molecule has 0 amide bonds. The Morgan fingerprint density at radius 1 is 1.45 bits per heavy atom. The van der Waals surface area contributed by atoms with Crippen LogP contribution in [0.25, 0.3) is 0 Å². The van der Waals surface area contributed by atoms with Gasteiger partial charge in [0.05, 0.1) is 5.84 Å². The second-order valence-corrected chi connectivity index (χ2v) is 2.34. The number of halogens is 2. The first kappa shape index (κ1) is 10.4. The molecule has 0 aliphatic heterocycles. The van der Waals surface area contributed by atoms with Gasteiger partial charge >= 0.3 is 0 Å². The third kappa shape index (κ3) is 5.82. The molecule has 6 heteroatoms. The fourth-order valence-corrected chi connectivity index (χ4v) is 0.668. The van der Waals surface area contributed by atoms with Gasteiger partial charge in [0.1, 0.15) is 0 Å². The molecule has 0 aliphatic rings. The predicted molar refractivity (Wildman–Crippen MR) is 49.0 cm³/mol.